The van der Waals surface area contributed by atoms with E-state index in [1.54, 1.807) is 55.7 Å². The van der Waals surface area contributed by atoms with Crippen molar-refractivity contribution in [1.29, 1.82) is 0 Å². The van der Waals surface area contributed by atoms with Gasteiger partial charge in [-0.1, -0.05) is 19.4 Å². The maximum atomic E-state index is 13.7. The number of phosphoric ester groups is 1. The molecule has 1 aliphatic heterocycles. The zero-order valence-corrected chi connectivity index (χ0v) is 31.7. The molecule has 1 saturated heterocycles. The molecular weight excluding hydrogens is 724 g/mol. The topological polar surface area (TPSA) is 186 Å². The number of aliphatic hydroxyl groups is 1. The van der Waals surface area contributed by atoms with Gasteiger partial charge in [0.1, 0.15) is 23.9 Å². The predicted molar refractivity (Wildman–Crippen MR) is 201 cm³/mol. The molecule has 3 aromatic carbocycles. The first kappa shape index (κ1) is 40.2. The van der Waals surface area contributed by atoms with Crippen molar-refractivity contribution >= 4 is 41.0 Å². The van der Waals surface area contributed by atoms with Gasteiger partial charge in [-0.2, -0.15) is 9.29 Å². The van der Waals surface area contributed by atoms with E-state index >= 15 is 0 Å². The van der Waals surface area contributed by atoms with E-state index in [2.05, 4.69) is 32.8 Å². The van der Waals surface area contributed by atoms with E-state index in [-0.39, 0.29) is 28.5 Å². The van der Waals surface area contributed by atoms with Crippen LogP contribution in [0, 0.1) is 5.82 Å². The molecular formula is C36H48FN7O7PS+. The lowest BCUT2D eigenvalue weighted by Crippen LogP contribution is -2.53. The average molecular weight is 773 g/mol. The van der Waals surface area contributed by atoms with Gasteiger partial charge in [0, 0.05) is 55.6 Å². The lowest BCUT2D eigenvalue weighted by atomic mass is 10.0. The summed E-state index contributed by atoms with van der Waals surface area (Å²) in [5.41, 5.74) is 2.31. The van der Waals surface area contributed by atoms with Gasteiger partial charge in [0.2, 0.25) is 16.0 Å². The lowest BCUT2D eigenvalue weighted by Gasteiger charge is -2.42. The summed E-state index contributed by atoms with van der Waals surface area (Å²) in [5, 5.41) is 20.0. The maximum Gasteiger partial charge on any atom is 0.524 e. The number of anilines is 4. The molecule has 286 valence electrons. The van der Waals surface area contributed by atoms with Gasteiger partial charge in [-0.25, -0.2) is 22.4 Å². The molecule has 4 aromatic rings. The van der Waals surface area contributed by atoms with Gasteiger partial charge in [0.15, 0.2) is 0 Å². The van der Waals surface area contributed by atoms with Crippen molar-refractivity contribution in [2.24, 2.45) is 0 Å². The number of aromatic nitrogens is 2. The van der Waals surface area contributed by atoms with E-state index in [0.29, 0.717) is 71.8 Å². The van der Waals surface area contributed by atoms with E-state index in [1.807, 2.05) is 7.05 Å². The first-order chi connectivity index (χ1) is 25.1. The summed E-state index contributed by atoms with van der Waals surface area (Å²) in [5.74, 6) is 0.455. The van der Waals surface area contributed by atoms with Crippen molar-refractivity contribution in [2.75, 3.05) is 50.9 Å². The molecule has 1 aromatic heterocycles. The summed E-state index contributed by atoms with van der Waals surface area (Å²) in [6.45, 7) is 4.75. The Kier molecular flexibility index (Phi) is 13.2. The van der Waals surface area contributed by atoms with E-state index < -0.39 is 23.9 Å². The highest BCUT2D eigenvalue weighted by Gasteiger charge is 2.37. The van der Waals surface area contributed by atoms with Crippen LogP contribution in [0.5, 0.6) is 5.75 Å². The van der Waals surface area contributed by atoms with Crippen molar-refractivity contribution in [1.82, 2.24) is 19.6 Å². The summed E-state index contributed by atoms with van der Waals surface area (Å²) < 4.78 is 59.5. The number of quaternary nitrogens is 1. The SMILES string of the molecule is CCCCNCC(O)c1ccc(C[N+]2(C)CCC(N(C)S(=O)(=O)c3ccc(Nc4nccc(Nc5ccc(F)cc5)n4)cc3)CC2)c(OP(=O)(O)O)c1. The maximum absolute atomic E-state index is 13.7. The van der Waals surface area contributed by atoms with Gasteiger partial charge in [0.05, 0.1) is 31.1 Å². The van der Waals surface area contributed by atoms with Gasteiger partial charge >= 0.3 is 7.82 Å². The van der Waals surface area contributed by atoms with Crippen LogP contribution in [-0.2, 0) is 21.1 Å². The third kappa shape index (κ3) is 11.3. The second-order valence-corrected chi connectivity index (χ2v) is 16.7. The van der Waals surface area contributed by atoms with Crippen LogP contribution in [0.1, 0.15) is 49.8 Å². The van der Waals surface area contributed by atoms with Gasteiger partial charge in [-0.05, 0) is 85.3 Å². The third-order valence-electron chi connectivity index (χ3n) is 9.37. The highest BCUT2D eigenvalue weighted by atomic mass is 32.2. The van der Waals surface area contributed by atoms with Crippen LogP contribution in [0.15, 0.2) is 83.9 Å². The van der Waals surface area contributed by atoms with Gasteiger partial charge in [0.25, 0.3) is 0 Å². The number of hydrogen-bond acceptors (Lipinski definition) is 10. The monoisotopic (exact) mass is 772 g/mol. The Balaban J connectivity index is 1.19. The molecule has 0 aliphatic carbocycles. The molecule has 0 bridgehead atoms. The number of aliphatic hydroxyl groups excluding tert-OH is 1. The molecule has 5 rings (SSSR count). The Morgan fingerprint density at radius 3 is 2.34 bits per heavy atom. The summed E-state index contributed by atoms with van der Waals surface area (Å²) in [4.78, 5) is 28.1. The second kappa shape index (κ2) is 17.4. The number of hydrogen-bond donors (Lipinski definition) is 6. The van der Waals surface area contributed by atoms with Crippen molar-refractivity contribution < 1.29 is 41.3 Å². The Labute approximate surface area is 309 Å². The van der Waals surface area contributed by atoms with E-state index in [0.717, 1.165) is 19.4 Å². The van der Waals surface area contributed by atoms with Crippen LogP contribution in [0.4, 0.5) is 27.5 Å². The number of likely N-dealkylation sites (tertiary alicyclic amines) is 1. The molecule has 6 N–H and O–H groups in total. The Morgan fingerprint density at radius 2 is 1.68 bits per heavy atom. The van der Waals surface area contributed by atoms with Crippen LogP contribution in [-0.4, -0.2) is 88.4 Å². The molecule has 2 heterocycles. The Bertz CT molecular complexity index is 1980. The van der Waals surface area contributed by atoms with Crippen LogP contribution < -0.4 is 20.5 Å². The van der Waals surface area contributed by atoms with Crippen LogP contribution >= 0.6 is 7.82 Å². The summed E-state index contributed by atoms with van der Waals surface area (Å²) in [6.07, 6.45) is 3.81. The molecule has 1 atom stereocenters. The number of piperidine rings is 1. The Morgan fingerprint density at radius 1 is 1.02 bits per heavy atom. The molecule has 1 fully saturated rings. The van der Waals surface area contributed by atoms with Crippen LogP contribution in [0.3, 0.4) is 0 Å². The fraction of sp³-hybridized carbons (Fsp3) is 0.389. The average Bonchev–Trinajstić information content (AvgIpc) is 3.11. The van der Waals surface area contributed by atoms with E-state index in [9.17, 15) is 32.3 Å². The quantitative estimate of drug-likeness (QED) is 0.0455. The van der Waals surface area contributed by atoms with Crippen LogP contribution in [0.2, 0.25) is 0 Å². The van der Waals surface area contributed by atoms with Crippen molar-refractivity contribution in [3.8, 4) is 5.75 Å². The number of halogens is 1. The molecule has 1 unspecified atom stereocenters. The van der Waals surface area contributed by atoms with Gasteiger partial charge in [-0.15, -0.1) is 0 Å². The minimum atomic E-state index is -4.88. The van der Waals surface area contributed by atoms with Gasteiger partial charge < -0.3 is 30.1 Å². The zero-order chi connectivity index (χ0) is 38.2. The standard InChI is InChI=1S/C36H47FN7O7PS/c1-4-5-19-38-24-33(45)26-6-7-27(34(23-26)51-52(46,47)48)25-44(3)21-17-31(18-22-44)43(2)53(49,50)32-14-12-30(13-15-32)41-36-39-20-16-35(42-36)40-29-10-8-28(37)9-11-29/h6-16,20,23,31,33,38,45H,4-5,17-19,21-22,24-25H2,1-3H3,(H3-,39,40,41,42,46,47,48)/p+1. The number of nitrogens with zero attached hydrogens (tertiary/aromatic N) is 4. The first-order valence-corrected chi connectivity index (χ1v) is 20.4. The highest BCUT2D eigenvalue weighted by Crippen LogP contribution is 2.41. The summed E-state index contributed by atoms with van der Waals surface area (Å²) in [7, 11) is -5.09. The summed E-state index contributed by atoms with van der Waals surface area (Å²) in [6, 6.07) is 18.6. The lowest BCUT2D eigenvalue weighted by molar-refractivity contribution is -0.927. The number of nitrogens with one attached hydrogen (secondary N) is 3. The van der Waals surface area contributed by atoms with Crippen LogP contribution in [0.25, 0.3) is 0 Å². The molecule has 14 nitrogen and oxygen atoms in total. The first-order valence-electron chi connectivity index (χ1n) is 17.5. The van der Waals surface area contributed by atoms with Crippen molar-refractivity contribution in [2.45, 2.75) is 56.2 Å². The number of benzene rings is 3. The fourth-order valence-corrected chi connectivity index (χ4v) is 8.10. The molecule has 0 amide bonds. The number of phosphoric acid groups is 1. The molecule has 0 radical (unpaired) electrons. The van der Waals surface area contributed by atoms with Crippen molar-refractivity contribution in [3.63, 3.8) is 0 Å². The fourth-order valence-electron chi connectivity index (χ4n) is 6.26. The third-order valence-corrected chi connectivity index (χ3v) is 11.7. The molecule has 17 heteroatoms. The second-order valence-electron chi connectivity index (χ2n) is 13.5. The van der Waals surface area contributed by atoms with E-state index in [4.69, 9.17) is 4.52 Å². The number of unbranched alkanes of at least 4 members (excludes halogenated alkanes) is 1. The predicted octanol–water partition coefficient (Wildman–Crippen LogP) is 5.43. The van der Waals surface area contributed by atoms with Gasteiger partial charge in [-0.3, -0.25) is 9.79 Å². The zero-order valence-electron chi connectivity index (χ0n) is 30.0. The largest absolute Gasteiger partial charge is 0.524 e. The number of sulfonamides is 1. The highest BCUT2D eigenvalue weighted by molar-refractivity contribution is 7.89. The number of rotatable bonds is 17. The normalized spacial score (nSPS) is 18.5. The summed E-state index contributed by atoms with van der Waals surface area (Å²) >= 11 is 0. The molecule has 0 spiro atoms. The minimum Gasteiger partial charge on any atom is -0.404 e. The van der Waals surface area contributed by atoms with E-state index in [1.165, 1.54) is 34.6 Å². The molecule has 53 heavy (non-hydrogen) atoms. The molecule has 1 aliphatic rings. The van der Waals surface area contributed by atoms with Crippen molar-refractivity contribution in [3.05, 3.63) is 95.9 Å². The molecule has 0 saturated carbocycles. The Hall–Kier alpha value is -3.99. The minimum absolute atomic E-state index is 0.0171. The smallest absolute Gasteiger partial charge is 0.404 e.